The monoisotopic (exact) mass is 440 g/mol. The van der Waals surface area contributed by atoms with Gasteiger partial charge in [-0.2, -0.15) is 0 Å². The van der Waals surface area contributed by atoms with E-state index >= 15 is 0 Å². The first-order valence-electron chi connectivity index (χ1n) is 9.01. The second-order valence-corrected chi connectivity index (χ2v) is 10.6. The number of amides is 1. The van der Waals surface area contributed by atoms with Gasteiger partial charge in [0.1, 0.15) is 5.82 Å². The van der Waals surface area contributed by atoms with E-state index in [0.717, 1.165) is 12.1 Å². The molecular formula is C19H21FN2O5S2. The number of benzene rings is 2. The van der Waals surface area contributed by atoms with Crippen LogP contribution in [0.2, 0.25) is 0 Å². The summed E-state index contributed by atoms with van der Waals surface area (Å²) >= 11 is 0. The first-order valence-corrected chi connectivity index (χ1v) is 12.1. The van der Waals surface area contributed by atoms with Gasteiger partial charge in [-0.1, -0.05) is 24.3 Å². The van der Waals surface area contributed by atoms with Gasteiger partial charge in [0.2, 0.25) is 15.9 Å². The minimum absolute atomic E-state index is 0.186. The van der Waals surface area contributed by atoms with Crippen molar-refractivity contribution in [2.24, 2.45) is 0 Å². The molecule has 7 nitrogen and oxygen atoms in total. The van der Waals surface area contributed by atoms with Crippen molar-refractivity contribution < 1.29 is 26.0 Å². The van der Waals surface area contributed by atoms with E-state index in [9.17, 15) is 26.0 Å². The Kier molecular flexibility index (Phi) is 6.35. The van der Waals surface area contributed by atoms with Crippen molar-refractivity contribution in [1.82, 2.24) is 9.62 Å². The number of carbonyl (C=O) groups excluding carboxylic acids is 1. The Labute approximate surface area is 169 Å². The zero-order valence-electron chi connectivity index (χ0n) is 15.5. The largest absolute Gasteiger partial charge is 0.338 e. The quantitative estimate of drug-likeness (QED) is 0.704. The molecule has 0 radical (unpaired) electrons. The van der Waals surface area contributed by atoms with Crippen LogP contribution in [0.15, 0.2) is 64.4 Å². The topological polar surface area (TPSA) is 101 Å². The standard InChI is InChI=1S/C19H21FN2O5S2/c20-15-6-4-10-18(12-15)29(26,27)21-13-19(23)22-11-5-7-16(22)14-28(24,25)17-8-2-1-3-9-17/h1-4,6,8-10,12,16,21H,5,7,11,13-14H2. The lowest BCUT2D eigenvalue weighted by atomic mass is 10.2. The van der Waals surface area contributed by atoms with Crippen molar-refractivity contribution in [2.45, 2.75) is 28.7 Å². The Morgan fingerprint density at radius 1 is 1.03 bits per heavy atom. The summed E-state index contributed by atoms with van der Waals surface area (Å²) < 4.78 is 65.1. The van der Waals surface area contributed by atoms with E-state index in [1.807, 2.05) is 0 Å². The van der Waals surface area contributed by atoms with Crippen LogP contribution in [0.1, 0.15) is 12.8 Å². The smallest absolute Gasteiger partial charge is 0.241 e. The van der Waals surface area contributed by atoms with Crippen LogP contribution in [0.3, 0.4) is 0 Å². The SMILES string of the molecule is O=C(CNS(=O)(=O)c1cccc(F)c1)N1CCCC1CS(=O)(=O)c1ccccc1. The Morgan fingerprint density at radius 3 is 2.41 bits per heavy atom. The van der Waals surface area contributed by atoms with Crippen molar-refractivity contribution in [1.29, 1.82) is 0 Å². The second-order valence-electron chi connectivity index (χ2n) is 6.76. The average Bonchev–Trinajstić information content (AvgIpc) is 3.14. The molecule has 2 aromatic rings. The fourth-order valence-electron chi connectivity index (χ4n) is 3.29. The highest BCUT2D eigenvalue weighted by atomic mass is 32.2. The number of sulfonamides is 1. The number of hydrogen-bond donors (Lipinski definition) is 1. The number of hydrogen-bond acceptors (Lipinski definition) is 5. The van der Waals surface area contributed by atoms with Crippen LogP contribution in [0, 0.1) is 5.82 Å². The maximum absolute atomic E-state index is 13.3. The van der Waals surface area contributed by atoms with Crippen molar-refractivity contribution in [3.8, 4) is 0 Å². The zero-order valence-corrected chi connectivity index (χ0v) is 17.1. The highest BCUT2D eigenvalue weighted by Crippen LogP contribution is 2.22. The molecule has 0 saturated carbocycles. The molecule has 0 spiro atoms. The van der Waals surface area contributed by atoms with Gasteiger partial charge in [-0.15, -0.1) is 0 Å². The van der Waals surface area contributed by atoms with Crippen LogP contribution < -0.4 is 4.72 Å². The molecule has 1 aliphatic heterocycles. The maximum atomic E-state index is 13.3. The molecule has 2 aromatic carbocycles. The predicted octanol–water partition coefficient (Wildman–Crippen LogP) is 1.57. The number of nitrogens with zero attached hydrogens (tertiary/aromatic N) is 1. The van der Waals surface area contributed by atoms with E-state index in [1.165, 1.54) is 29.2 Å². The van der Waals surface area contributed by atoms with Crippen LogP contribution in [-0.2, 0) is 24.7 Å². The number of rotatable bonds is 7. The summed E-state index contributed by atoms with van der Waals surface area (Å²) in [6, 6.07) is 11.9. The zero-order chi connectivity index (χ0) is 21.1. The van der Waals surface area contributed by atoms with Gasteiger partial charge < -0.3 is 4.90 Å². The molecule has 1 atom stereocenters. The van der Waals surface area contributed by atoms with Gasteiger partial charge in [0.15, 0.2) is 9.84 Å². The molecule has 1 aliphatic rings. The van der Waals surface area contributed by atoms with Gasteiger partial charge in [0.05, 0.1) is 22.1 Å². The highest BCUT2D eigenvalue weighted by Gasteiger charge is 2.33. The molecule has 1 saturated heterocycles. The van der Waals surface area contributed by atoms with E-state index in [1.54, 1.807) is 18.2 Å². The normalized spacial score (nSPS) is 17.4. The lowest BCUT2D eigenvalue weighted by molar-refractivity contribution is -0.130. The highest BCUT2D eigenvalue weighted by molar-refractivity contribution is 7.91. The number of likely N-dealkylation sites (tertiary alicyclic amines) is 1. The van der Waals surface area contributed by atoms with Crippen LogP contribution in [-0.4, -0.2) is 52.5 Å². The summed E-state index contributed by atoms with van der Waals surface area (Å²) in [6.07, 6.45) is 1.16. The van der Waals surface area contributed by atoms with Crippen LogP contribution in [0.5, 0.6) is 0 Å². The summed E-state index contributed by atoms with van der Waals surface area (Å²) in [5, 5.41) is 0. The van der Waals surface area contributed by atoms with E-state index in [2.05, 4.69) is 4.72 Å². The minimum atomic E-state index is -4.06. The average molecular weight is 441 g/mol. The van der Waals surface area contributed by atoms with Gasteiger partial charge in [0, 0.05) is 12.6 Å². The number of halogens is 1. The Hall–Kier alpha value is -2.30. The number of sulfone groups is 1. The van der Waals surface area contributed by atoms with Crippen molar-refractivity contribution in [3.63, 3.8) is 0 Å². The molecule has 0 aliphatic carbocycles. The summed E-state index contributed by atoms with van der Waals surface area (Å²) in [5.74, 6) is -1.44. The summed E-state index contributed by atoms with van der Waals surface area (Å²) in [6.45, 7) is -0.170. The molecule has 0 aromatic heterocycles. The molecule has 1 heterocycles. The van der Waals surface area contributed by atoms with Crippen molar-refractivity contribution in [3.05, 3.63) is 60.4 Å². The maximum Gasteiger partial charge on any atom is 0.241 e. The van der Waals surface area contributed by atoms with Gasteiger partial charge >= 0.3 is 0 Å². The van der Waals surface area contributed by atoms with E-state index in [0.29, 0.717) is 19.4 Å². The lowest BCUT2D eigenvalue weighted by Crippen LogP contribution is -2.44. The molecule has 1 unspecified atom stereocenters. The van der Waals surface area contributed by atoms with Crippen LogP contribution in [0.4, 0.5) is 4.39 Å². The Balaban J connectivity index is 1.66. The van der Waals surface area contributed by atoms with Crippen LogP contribution in [0.25, 0.3) is 0 Å². The van der Waals surface area contributed by atoms with E-state index < -0.39 is 44.2 Å². The van der Waals surface area contributed by atoms with E-state index in [-0.39, 0.29) is 15.5 Å². The number of carbonyl (C=O) groups is 1. The molecule has 3 rings (SSSR count). The molecule has 1 fully saturated rings. The predicted molar refractivity (Wildman–Crippen MR) is 105 cm³/mol. The summed E-state index contributed by atoms with van der Waals surface area (Å²) in [5.41, 5.74) is 0. The third-order valence-corrected chi connectivity index (χ3v) is 7.94. The summed E-state index contributed by atoms with van der Waals surface area (Å²) in [4.78, 5) is 13.9. The second kappa shape index (κ2) is 8.60. The number of nitrogens with one attached hydrogen (secondary N) is 1. The first kappa shape index (κ1) is 21.4. The first-order chi connectivity index (χ1) is 13.7. The van der Waals surface area contributed by atoms with Gasteiger partial charge in [0.25, 0.3) is 0 Å². The van der Waals surface area contributed by atoms with Crippen LogP contribution >= 0.6 is 0 Å². The molecule has 29 heavy (non-hydrogen) atoms. The van der Waals surface area contributed by atoms with Gasteiger partial charge in [-0.3, -0.25) is 4.79 Å². The van der Waals surface area contributed by atoms with Crippen molar-refractivity contribution in [2.75, 3.05) is 18.8 Å². The van der Waals surface area contributed by atoms with Crippen molar-refractivity contribution >= 4 is 25.8 Å². The van der Waals surface area contributed by atoms with Gasteiger partial charge in [-0.05, 0) is 43.2 Å². The molecule has 156 valence electrons. The third-order valence-electron chi connectivity index (χ3n) is 4.73. The van der Waals surface area contributed by atoms with Gasteiger partial charge in [-0.25, -0.2) is 25.9 Å². The molecule has 10 heteroatoms. The molecule has 0 bridgehead atoms. The minimum Gasteiger partial charge on any atom is -0.338 e. The fraction of sp³-hybridized carbons (Fsp3) is 0.316. The molecule has 1 N–H and O–H groups in total. The Morgan fingerprint density at radius 2 is 1.72 bits per heavy atom. The molecule has 1 amide bonds. The van der Waals surface area contributed by atoms with E-state index in [4.69, 9.17) is 0 Å². The summed E-state index contributed by atoms with van der Waals surface area (Å²) in [7, 11) is -7.63. The fourth-order valence-corrected chi connectivity index (χ4v) is 5.91. The lowest BCUT2D eigenvalue weighted by Gasteiger charge is -2.24. The third kappa shape index (κ3) is 5.20. The Bertz CT molecular complexity index is 1090. The molecular weight excluding hydrogens is 419 g/mol.